The number of aliphatic hydroxyl groups is 1. The highest BCUT2D eigenvalue weighted by atomic mass is 32.1. The minimum atomic E-state index is -0.285. The Morgan fingerprint density at radius 1 is 1.57 bits per heavy atom. The molecule has 2 heterocycles. The van der Waals surface area contributed by atoms with Crippen molar-refractivity contribution >= 4 is 17.2 Å². The molecular weight excluding hydrogens is 288 g/mol. The highest BCUT2D eigenvalue weighted by Gasteiger charge is 2.32. The third kappa shape index (κ3) is 3.81. The molecule has 1 aliphatic heterocycles. The summed E-state index contributed by atoms with van der Waals surface area (Å²) in [6.45, 7) is 9.01. The van der Waals surface area contributed by atoms with E-state index in [0.717, 1.165) is 22.0 Å². The number of thiazole rings is 1. The number of aliphatic hydroxyl groups excluding tert-OH is 1. The van der Waals surface area contributed by atoms with E-state index in [1.807, 2.05) is 13.8 Å². The Balaban J connectivity index is 2.22. The van der Waals surface area contributed by atoms with Crippen LogP contribution in [0.2, 0.25) is 0 Å². The zero-order chi connectivity index (χ0) is 15.6. The summed E-state index contributed by atoms with van der Waals surface area (Å²) in [5, 5.41) is 10.2. The van der Waals surface area contributed by atoms with Gasteiger partial charge in [0, 0.05) is 6.54 Å². The summed E-state index contributed by atoms with van der Waals surface area (Å²) in [7, 11) is 0. The predicted molar refractivity (Wildman–Crippen MR) is 82.7 cm³/mol. The van der Waals surface area contributed by atoms with E-state index in [9.17, 15) is 9.90 Å². The third-order valence-electron chi connectivity index (χ3n) is 3.57. The molecule has 0 saturated carbocycles. The molecule has 1 aliphatic rings. The molecule has 0 bridgehead atoms. The lowest BCUT2D eigenvalue weighted by atomic mass is 10.1. The molecule has 5 nitrogen and oxygen atoms in total. The number of ether oxygens (including phenoxy) is 1. The summed E-state index contributed by atoms with van der Waals surface area (Å²) in [6, 6.07) is 0.0228. The molecule has 2 rings (SSSR count). The van der Waals surface area contributed by atoms with Gasteiger partial charge in [-0.15, -0.1) is 11.3 Å². The quantitative estimate of drug-likeness (QED) is 0.922. The Kier molecular flexibility index (Phi) is 5.35. The molecule has 1 fully saturated rings. The van der Waals surface area contributed by atoms with Crippen molar-refractivity contribution in [3.05, 3.63) is 15.6 Å². The second kappa shape index (κ2) is 6.85. The van der Waals surface area contributed by atoms with Gasteiger partial charge < -0.3 is 14.7 Å². The molecule has 1 amide bonds. The largest absolute Gasteiger partial charge is 0.394 e. The first kappa shape index (κ1) is 16.4. The van der Waals surface area contributed by atoms with Crippen molar-refractivity contribution in [2.24, 2.45) is 5.92 Å². The number of aryl methyl sites for hydroxylation is 1. The maximum atomic E-state index is 12.8. The molecule has 0 radical (unpaired) electrons. The maximum absolute atomic E-state index is 12.8. The lowest BCUT2D eigenvalue weighted by Gasteiger charge is -2.37. The highest BCUT2D eigenvalue weighted by Crippen LogP contribution is 2.25. The second-order valence-corrected chi connectivity index (χ2v) is 7.25. The molecule has 0 spiro atoms. The molecule has 1 aromatic rings. The van der Waals surface area contributed by atoms with Crippen LogP contribution in [-0.2, 0) is 11.2 Å². The van der Waals surface area contributed by atoms with Crippen molar-refractivity contribution in [1.82, 2.24) is 9.88 Å². The molecule has 21 heavy (non-hydrogen) atoms. The van der Waals surface area contributed by atoms with Crippen LogP contribution in [0, 0.1) is 12.8 Å². The van der Waals surface area contributed by atoms with E-state index in [-0.39, 0.29) is 24.7 Å². The standard InChI is InChI=1S/C15H24N2O3S/c1-9(2)5-13-14(21-11(4)16-13)15(19)17-6-12(7-18)20-8-10(17)3/h9-10,12,18H,5-8H2,1-4H3. The fourth-order valence-corrected chi connectivity index (χ4v) is 3.41. The van der Waals surface area contributed by atoms with Gasteiger partial charge in [0.1, 0.15) is 4.88 Å². The highest BCUT2D eigenvalue weighted by molar-refractivity contribution is 7.13. The molecule has 2 unspecified atom stereocenters. The third-order valence-corrected chi connectivity index (χ3v) is 4.57. The molecular formula is C15H24N2O3S. The van der Waals surface area contributed by atoms with Gasteiger partial charge in [0.05, 0.1) is 36.1 Å². The van der Waals surface area contributed by atoms with Gasteiger partial charge in [0.25, 0.3) is 5.91 Å². The number of hydrogen-bond acceptors (Lipinski definition) is 5. The minimum absolute atomic E-state index is 0.0190. The van der Waals surface area contributed by atoms with Crippen LogP contribution in [0.1, 0.15) is 41.1 Å². The van der Waals surface area contributed by atoms with Crippen LogP contribution in [0.4, 0.5) is 0 Å². The van der Waals surface area contributed by atoms with Crippen molar-refractivity contribution in [1.29, 1.82) is 0 Å². The minimum Gasteiger partial charge on any atom is -0.394 e. The first-order valence-corrected chi connectivity index (χ1v) is 8.23. The summed E-state index contributed by atoms with van der Waals surface area (Å²) >= 11 is 1.46. The predicted octanol–water partition coefficient (Wildman–Crippen LogP) is 1.87. The van der Waals surface area contributed by atoms with Crippen LogP contribution < -0.4 is 0 Å². The fourth-order valence-electron chi connectivity index (χ4n) is 2.50. The number of hydrogen-bond donors (Lipinski definition) is 1. The van der Waals surface area contributed by atoms with E-state index in [4.69, 9.17) is 4.74 Å². The Hall–Kier alpha value is -0.980. The zero-order valence-electron chi connectivity index (χ0n) is 13.1. The van der Waals surface area contributed by atoms with Crippen molar-refractivity contribution in [3.8, 4) is 0 Å². The lowest BCUT2D eigenvalue weighted by molar-refractivity contribution is -0.0666. The van der Waals surface area contributed by atoms with E-state index >= 15 is 0 Å². The molecule has 1 aromatic heterocycles. The summed E-state index contributed by atoms with van der Waals surface area (Å²) in [5.41, 5.74) is 0.900. The van der Waals surface area contributed by atoms with Crippen molar-refractivity contribution < 1.29 is 14.6 Å². The van der Waals surface area contributed by atoms with E-state index in [1.54, 1.807) is 4.90 Å². The van der Waals surface area contributed by atoms with E-state index in [0.29, 0.717) is 19.1 Å². The topological polar surface area (TPSA) is 62.7 Å². The molecule has 1 saturated heterocycles. The SMILES string of the molecule is Cc1nc(CC(C)C)c(C(=O)N2CC(CO)OCC2C)s1. The number of carbonyl (C=O) groups is 1. The van der Waals surface area contributed by atoms with Gasteiger partial charge in [0.15, 0.2) is 0 Å². The summed E-state index contributed by atoms with van der Waals surface area (Å²) in [6.07, 6.45) is 0.529. The fraction of sp³-hybridized carbons (Fsp3) is 0.733. The molecule has 6 heteroatoms. The van der Waals surface area contributed by atoms with Crippen molar-refractivity contribution in [3.63, 3.8) is 0 Å². The number of nitrogens with zero attached hydrogens (tertiary/aromatic N) is 2. The van der Waals surface area contributed by atoms with Gasteiger partial charge >= 0.3 is 0 Å². The van der Waals surface area contributed by atoms with Gasteiger partial charge in [-0.05, 0) is 26.2 Å². The molecule has 118 valence electrons. The number of rotatable bonds is 4. The van der Waals surface area contributed by atoms with Gasteiger partial charge in [-0.1, -0.05) is 13.8 Å². The van der Waals surface area contributed by atoms with E-state index in [1.165, 1.54) is 11.3 Å². The van der Waals surface area contributed by atoms with Crippen LogP contribution in [0.25, 0.3) is 0 Å². The Bertz CT molecular complexity index is 501. The Labute approximate surface area is 129 Å². The lowest BCUT2D eigenvalue weighted by Crippen LogP contribution is -2.52. The molecule has 2 atom stereocenters. The Morgan fingerprint density at radius 3 is 2.90 bits per heavy atom. The monoisotopic (exact) mass is 312 g/mol. The molecule has 1 N–H and O–H groups in total. The average Bonchev–Trinajstić information content (AvgIpc) is 2.78. The van der Waals surface area contributed by atoms with Crippen LogP contribution in [0.5, 0.6) is 0 Å². The van der Waals surface area contributed by atoms with Crippen LogP contribution in [0.3, 0.4) is 0 Å². The molecule has 0 aliphatic carbocycles. The number of carbonyl (C=O) groups excluding carboxylic acids is 1. The number of morpholine rings is 1. The van der Waals surface area contributed by atoms with Gasteiger partial charge in [-0.2, -0.15) is 0 Å². The molecule has 0 aromatic carbocycles. The van der Waals surface area contributed by atoms with Gasteiger partial charge in [-0.3, -0.25) is 4.79 Å². The maximum Gasteiger partial charge on any atom is 0.266 e. The smallest absolute Gasteiger partial charge is 0.266 e. The first-order chi connectivity index (χ1) is 9.92. The van der Waals surface area contributed by atoms with Crippen LogP contribution in [0.15, 0.2) is 0 Å². The first-order valence-electron chi connectivity index (χ1n) is 7.42. The Morgan fingerprint density at radius 2 is 2.29 bits per heavy atom. The summed E-state index contributed by atoms with van der Waals surface area (Å²) in [5.74, 6) is 0.482. The number of amides is 1. The average molecular weight is 312 g/mol. The van der Waals surface area contributed by atoms with Crippen molar-refractivity contribution in [2.75, 3.05) is 19.8 Å². The van der Waals surface area contributed by atoms with Gasteiger partial charge in [-0.25, -0.2) is 4.98 Å². The number of aromatic nitrogens is 1. The zero-order valence-corrected chi connectivity index (χ0v) is 13.9. The van der Waals surface area contributed by atoms with Crippen LogP contribution >= 0.6 is 11.3 Å². The van der Waals surface area contributed by atoms with Crippen LogP contribution in [-0.4, -0.2) is 52.8 Å². The second-order valence-electron chi connectivity index (χ2n) is 6.05. The normalized spacial score (nSPS) is 22.9. The summed E-state index contributed by atoms with van der Waals surface area (Å²) in [4.78, 5) is 19.9. The van der Waals surface area contributed by atoms with E-state index in [2.05, 4.69) is 18.8 Å². The van der Waals surface area contributed by atoms with Crippen molar-refractivity contribution in [2.45, 2.75) is 46.3 Å². The summed E-state index contributed by atoms with van der Waals surface area (Å²) < 4.78 is 5.50. The van der Waals surface area contributed by atoms with E-state index < -0.39 is 0 Å². The van der Waals surface area contributed by atoms with Gasteiger partial charge in [0.2, 0.25) is 0 Å².